The number of nitro benzene ring substituents is 1. The highest BCUT2D eigenvalue weighted by Gasteiger charge is 2.19. The molecule has 2 aromatic rings. The number of non-ortho nitro benzene ring substituents is 1. The number of nitro groups is 1. The normalized spacial score (nSPS) is 11.7. The first-order chi connectivity index (χ1) is 8.71. The molecular formula is C11H10N2O5S. The van der Waals surface area contributed by atoms with Crippen molar-refractivity contribution in [3.63, 3.8) is 0 Å². The van der Waals surface area contributed by atoms with Crippen molar-refractivity contribution in [3.05, 3.63) is 39.9 Å². The Hall–Kier alpha value is -2.19. The second-order valence-electron chi connectivity index (χ2n) is 4.07. The van der Waals surface area contributed by atoms with E-state index < -0.39 is 19.9 Å². The van der Waals surface area contributed by atoms with Crippen LogP contribution in [0.25, 0.3) is 10.8 Å². The predicted octanol–water partition coefficient (Wildman–Crippen LogP) is 1.89. The van der Waals surface area contributed by atoms with Crippen LogP contribution in [0, 0.1) is 17.0 Å². The maximum atomic E-state index is 11.3. The fourth-order valence-corrected chi connectivity index (χ4v) is 2.64. The molecule has 7 nitrogen and oxygen atoms in total. The van der Waals surface area contributed by atoms with Gasteiger partial charge in [-0.3, -0.25) is 14.7 Å². The van der Waals surface area contributed by atoms with Gasteiger partial charge in [0.15, 0.2) is 0 Å². The van der Waals surface area contributed by atoms with Crippen molar-refractivity contribution in [2.24, 2.45) is 0 Å². The molecule has 19 heavy (non-hydrogen) atoms. The Morgan fingerprint density at radius 3 is 2.42 bits per heavy atom. The number of anilines is 1. The number of nitrogens with two attached hydrogens (primary N) is 1. The van der Waals surface area contributed by atoms with E-state index in [1.54, 1.807) is 6.92 Å². The summed E-state index contributed by atoms with van der Waals surface area (Å²) in [6, 6.07) is 4.86. The van der Waals surface area contributed by atoms with E-state index in [0.29, 0.717) is 16.6 Å². The molecule has 3 N–H and O–H groups in total. The molecule has 0 saturated carbocycles. The van der Waals surface area contributed by atoms with Crippen LogP contribution in [0.4, 0.5) is 11.4 Å². The van der Waals surface area contributed by atoms with Gasteiger partial charge in [-0.1, -0.05) is 0 Å². The summed E-state index contributed by atoms with van der Waals surface area (Å²) in [5.41, 5.74) is 6.32. The van der Waals surface area contributed by atoms with Crippen LogP contribution < -0.4 is 5.73 Å². The number of rotatable bonds is 2. The van der Waals surface area contributed by atoms with Crippen LogP contribution in [0.2, 0.25) is 0 Å². The van der Waals surface area contributed by atoms with E-state index in [2.05, 4.69) is 0 Å². The molecule has 0 fully saturated rings. The minimum Gasteiger partial charge on any atom is -0.398 e. The largest absolute Gasteiger partial charge is 0.398 e. The molecule has 0 aromatic heterocycles. The molecule has 0 aliphatic heterocycles. The van der Waals surface area contributed by atoms with Gasteiger partial charge in [-0.15, -0.1) is 0 Å². The fourth-order valence-electron chi connectivity index (χ4n) is 1.86. The molecule has 0 heterocycles. The fraction of sp³-hybridized carbons (Fsp3) is 0.0909. The van der Waals surface area contributed by atoms with Gasteiger partial charge in [0, 0.05) is 28.6 Å². The molecule has 0 aliphatic rings. The topological polar surface area (TPSA) is 124 Å². The van der Waals surface area contributed by atoms with Gasteiger partial charge in [-0.25, -0.2) is 0 Å². The first kappa shape index (κ1) is 13.2. The average molecular weight is 282 g/mol. The lowest BCUT2D eigenvalue weighted by Crippen LogP contribution is -2.03. The van der Waals surface area contributed by atoms with Crippen molar-refractivity contribution in [2.45, 2.75) is 11.8 Å². The number of hydrogen-bond donors (Lipinski definition) is 2. The van der Waals surface area contributed by atoms with Crippen LogP contribution in [0.5, 0.6) is 0 Å². The molecule has 0 atom stereocenters. The summed E-state index contributed by atoms with van der Waals surface area (Å²) in [6.45, 7) is 1.59. The first-order valence-corrected chi connectivity index (χ1v) is 6.60. The Balaban J connectivity index is 2.99. The molecule has 0 radical (unpaired) electrons. The van der Waals surface area contributed by atoms with Crippen molar-refractivity contribution >= 4 is 32.3 Å². The Kier molecular flexibility index (Phi) is 2.91. The van der Waals surface area contributed by atoms with Crippen molar-refractivity contribution < 1.29 is 17.9 Å². The van der Waals surface area contributed by atoms with Gasteiger partial charge in [-0.2, -0.15) is 8.42 Å². The highest BCUT2D eigenvalue weighted by atomic mass is 32.2. The Morgan fingerprint density at radius 2 is 1.89 bits per heavy atom. The number of nitrogen functional groups attached to an aromatic ring is 1. The minimum atomic E-state index is -4.49. The number of nitrogens with zero attached hydrogens (tertiary/aromatic N) is 1. The Labute approximate surface area is 108 Å². The van der Waals surface area contributed by atoms with Gasteiger partial charge in [0.1, 0.15) is 4.90 Å². The first-order valence-electron chi connectivity index (χ1n) is 5.16. The number of hydrogen-bond acceptors (Lipinski definition) is 5. The third-order valence-corrected chi connectivity index (χ3v) is 3.71. The SMILES string of the molecule is Cc1cc(S(=O)(=O)O)c2cc([N+](=O)[O-])ccc2c1N. The maximum absolute atomic E-state index is 11.3. The highest BCUT2D eigenvalue weighted by Crippen LogP contribution is 2.33. The Morgan fingerprint density at radius 1 is 1.26 bits per heavy atom. The Bertz CT molecular complexity index is 798. The quantitative estimate of drug-likeness (QED) is 0.375. The van der Waals surface area contributed by atoms with E-state index in [9.17, 15) is 23.1 Å². The molecular weight excluding hydrogens is 272 g/mol. The van der Waals surface area contributed by atoms with Crippen molar-refractivity contribution in [2.75, 3.05) is 5.73 Å². The summed E-state index contributed by atoms with van der Waals surface area (Å²) >= 11 is 0. The van der Waals surface area contributed by atoms with E-state index in [1.807, 2.05) is 0 Å². The molecule has 8 heteroatoms. The molecule has 100 valence electrons. The summed E-state index contributed by atoms with van der Waals surface area (Å²) in [4.78, 5) is 9.68. The zero-order valence-electron chi connectivity index (χ0n) is 9.82. The molecule has 0 spiro atoms. The molecule has 0 aliphatic carbocycles. The predicted molar refractivity (Wildman–Crippen MR) is 69.6 cm³/mol. The molecule has 0 unspecified atom stereocenters. The second kappa shape index (κ2) is 4.18. The van der Waals surface area contributed by atoms with Crippen LogP contribution in [-0.4, -0.2) is 17.9 Å². The van der Waals surface area contributed by atoms with Crippen LogP contribution in [0.1, 0.15) is 5.56 Å². The van der Waals surface area contributed by atoms with Crippen LogP contribution in [-0.2, 0) is 10.1 Å². The molecule has 0 saturated heterocycles. The van der Waals surface area contributed by atoms with E-state index in [0.717, 1.165) is 6.07 Å². The molecule has 2 aromatic carbocycles. The zero-order chi connectivity index (χ0) is 14.4. The lowest BCUT2D eigenvalue weighted by Gasteiger charge is -2.09. The smallest absolute Gasteiger partial charge is 0.295 e. The highest BCUT2D eigenvalue weighted by molar-refractivity contribution is 7.86. The van der Waals surface area contributed by atoms with Gasteiger partial charge in [0.2, 0.25) is 0 Å². The lowest BCUT2D eigenvalue weighted by molar-refractivity contribution is -0.384. The zero-order valence-corrected chi connectivity index (χ0v) is 10.6. The van der Waals surface area contributed by atoms with E-state index in [4.69, 9.17) is 5.73 Å². The number of benzene rings is 2. The molecule has 0 amide bonds. The van der Waals surface area contributed by atoms with Crippen molar-refractivity contribution in [3.8, 4) is 0 Å². The number of aryl methyl sites for hydroxylation is 1. The standard InChI is InChI=1S/C11H10N2O5S/c1-6-4-10(19(16,17)18)9-5-7(13(14)15)2-3-8(9)11(6)12/h2-5H,12H2,1H3,(H,16,17,18). The molecule has 0 bridgehead atoms. The van der Waals surface area contributed by atoms with Gasteiger partial charge < -0.3 is 5.73 Å². The van der Waals surface area contributed by atoms with Gasteiger partial charge in [0.05, 0.1) is 4.92 Å². The van der Waals surface area contributed by atoms with Gasteiger partial charge >= 0.3 is 0 Å². The van der Waals surface area contributed by atoms with E-state index >= 15 is 0 Å². The van der Waals surface area contributed by atoms with Crippen LogP contribution in [0.3, 0.4) is 0 Å². The van der Waals surface area contributed by atoms with E-state index in [1.165, 1.54) is 18.2 Å². The lowest BCUT2D eigenvalue weighted by atomic mass is 10.0. The van der Waals surface area contributed by atoms with Crippen LogP contribution in [0.15, 0.2) is 29.2 Å². The summed E-state index contributed by atoms with van der Waals surface area (Å²) < 4.78 is 31.9. The molecule has 2 rings (SSSR count). The third kappa shape index (κ3) is 2.23. The summed E-state index contributed by atoms with van der Waals surface area (Å²) in [6.07, 6.45) is 0. The van der Waals surface area contributed by atoms with Crippen molar-refractivity contribution in [1.29, 1.82) is 0 Å². The summed E-state index contributed by atoms with van der Waals surface area (Å²) in [5.74, 6) is 0. The van der Waals surface area contributed by atoms with Crippen LogP contribution >= 0.6 is 0 Å². The van der Waals surface area contributed by atoms with Crippen molar-refractivity contribution in [1.82, 2.24) is 0 Å². The average Bonchev–Trinajstić information content (AvgIpc) is 2.31. The monoisotopic (exact) mass is 282 g/mol. The minimum absolute atomic E-state index is 0.0276. The van der Waals surface area contributed by atoms with Gasteiger partial charge in [0.25, 0.3) is 15.8 Å². The van der Waals surface area contributed by atoms with E-state index in [-0.39, 0.29) is 11.1 Å². The van der Waals surface area contributed by atoms with Gasteiger partial charge in [-0.05, 0) is 24.6 Å². The maximum Gasteiger partial charge on any atom is 0.295 e. The number of fused-ring (bicyclic) bond motifs is 1. The summed E-state index contributed by atoms with van der Waals surface area (Å²) in [7, 11) is -4.49. The summed E-state index contributed by atoms with van der Waals surface area (Å²) in [5, 5.41) is 11.1. The second-order valence-corrected chi connectivity index (χ2v) is 5.46. The third-order valence-electron chi connectivity index (χ3n) is 2.82.